The second kappa shape index (κ2) is 3.85. The van der Waals surface area contributed by atoms with Crippen molar-refractivity contribution in [1.29, 1.82) is 0 Å². The van der Waals surface area contributed by atoms with Crippen molar-refractivity contribution in [3.8, 4) is 11.8 Å². The molecule has 0 N–H and O–H groups in total. The molecule has 0 saturated heterocycles. The number of thioether (sulfide) groups is 1. The van der Waals surface area contributed by atoms with Gasteiger partial charge in [-0.25, -0.2) is 0 Å². The summed E-state index contributed by atoms with van der Waals surface area (Å²) in [6.45, 7) is 1.11. The number of hydrogen-bond acceptors (Lipinski definition) is 2. The first-order valence-corrected chi connectivity index (χ1v) is 4.69. The van der Waals surface area contributed by atoms with Gasteiger partial charge in [0.15, 0.2) is 0 Å². The van der Waals surface area contributed by atoms with Crippen molar-refractivity contribution in [1.82, 2.24) is 0 Å². The van der Waals surface area contributed by atoms with E-state index in [9.17, 15) is 18.4 Å². The van der Waals surface area contributed by atoms with Gasteiger partial charge in [-0.2, -0.15) is 13.2 Å². The van der Waals surface area contributed by atoms with Crippen molar-refractivity contribution in [3.63, 3.8) is 0 Å². The highest BCUT2D eigenvalue weighted by Crippen LogP contribution is 2.40. The summed E-state index contributed by atoms with van der Waals surface area (Å²) in [7, 11) is 0. The average molecular weight is 222 g/mol. The average Bonchev–Trinajstić information content (AvgIpc) is 2.44. The number of hydrogen-bond donors (Lipinski definition) is 0. The number of nitrogens with zero attached hydrogens (tertiary/aromatic N) is 1. The van der Waals surface area contributed by atoms with E-state index in [2.05, 4.69) is 11.8 Å². The molecule has 14 heavy (non-hydrogen) atoms. The second-order valence-electron chi connectivity index (χ2n) is 2.70. The summed E-state index contributed by atoms with van der Waals surface area (Å²) >= 11 is 0.751. The van der Waals surface area contributed by atoms with Gasteiger partial charge < -0.3 is 9.85 Å². The minimum Gasteiger partial charge on any atom is -0.626 e. The van der Waals surface area contributed by atoms with Crippen molar-refractivity contribution in [2.75, 3.05) is 12.4 Å². The molecule has 0 bridgehead atoms. The van der Waals surface area contributed by atoms with Crippen molar-refractivity contribution in [2.24, 2.45) is 0 Å². The van der Waals surface area contributed by atoms with Gasteiger partial charge in [-0.3, -0.25) is 0 Å². The monoisotopic (exact) mass is 222 g/mol. The molecule has 0 aromatic carbocycles. The van der Waals surface area contributed by atoms with Crippen LogP contribution < -0.4 is 0 Å². The number of allylic oxidation sites excluding steroid dienone is 1. The van der Waals surface area contributed by atoms with E-state index >= 15 is 0 Å². The molecule has 0 aromatic rings. The van der Waals surface area contributed by atoms with Gasteiger partial charge in [-0.1, -0.05) is 11.8 Å². The third kappa shape index (κ3) is 2.23. The van der Waals surface area contributed by atoms with Gasteiger partial charge in [-0.15, -0.1) is 5.92 Å². The molecule has 6 heteroatoms. The van der Waals surface area contributed by atoms with E-state index in [-0.39, 0.29) is 12.4 Å². The molecule has 1 unspecified atom stereocenters. The van der Waals surface area contributed by atoms with Crippen molar-refractivity contribution < 1.29 is 17.8 Å². The lowest BCUT2D eigenvalue weighted by atomic mass is 10.4. The Morgan fingerprint density at radius 2 is 2.29 bits per heavy atom. The zero-order chi connectivity index (χ0) is 10.8. The Hall–Kier alpha value is -0.640. The summed E-state index contributed by atoms with van der Waals surface area (Å²) in [5, 5.41) is 13.6. The van der Waals surface area contributed by atoms with Gasteiger partial charge in [0.05, 0.1) is 5.41 Å². The highest BCUT2D eigenvalue weighted by molar-refractivity contribution is 8.00. The number of halogens is 3. The molecule has 77 valence electrons. The van der Waals surface area contributed by atoms with Crippen LogP contribution in [0.15, 0.2) is 5.70 Å². The van der Waals surface area contributed by atoms with Gasteiger partial charge in [0.1, 0.15) is 12.4 Å². The van der Waals surface area contributed by atoms with Crippen molar-refractivity contribution in [3.05, 3.63) is 16.3 Å². The van der Waals surface area contributed by atoms with Crippen LogP contribution in [0, 0.1) is 22.5 Å². The van der Waals surface area contributed by atoms with Crippen LogP contribution in [0.5, 0.6) is 0 Å². The molecular formula is C8H7F3NOS. The number of alkyl halides is 3. The molecule has 2 nitrogen and oxygen atoms in total. The van der Waals surface area contributed by atoms with E-state index in [1.54, 1.807) is 0 Å². The molecule has 0 saturated carbocycles. The second-order valence-corrected chi connectivity index (χ2v) is 3.45. The first-order chi connectivity index (χ1) is 6.40. The fraction of sp³-hybridized carbons (Fsp3) is 0.500. The molecule has 1 aliphatic heterocycles. The summed E-state index contributed by atoms with van der Waals surface area (Å²) in [5.41, 5.74) is -1.18. The van der Waals surface area contributed by atoms with Gasteiger partial charge in [0.2, 0.25) is 5.70 Å². The van der Waals surface area contributed by atoms with E-state index < -0.39 is 16.5 Å². The smallest absolute Gasteiger partial charge is 0.468 e. The minimum atomic E-state index is -4.61. The fourth-order valence-electron chi connectivity index (χ4n) is 0.973. The van der Waals surface area contributed by atoms with Crippen molar-refractivity contribution >= 4 is 11.8 Å². The summed E-state index contributed by atoms with van der Waals surface area (Å²) in [5.74, 6) is 4.57. The molecule has 0 spiro atoms. The molecule has 1 atom stereocenters. The predicted octanol–water partition coefficient (Wildman–Crippen LogP) is 2.24. The number of rotatable bonds is 1. The maximum atomic E-state index is 12.3. The number of quaternary nitrogens is 1. The summed E-state index contributed by atoms with van der Waals surface area (Å²) in [6.07, 6.45) is -4.61. The van der Waals surface area contributed by atoms with Crippen LogP contribution in [0.4, 0.5) is 13.2 Å². The molecule has 0 amide bonds. The standard InChI is InChI=1S/C8H7F3NOS/c1-2-3-4-12(13)6-14-5-7(12)8(9,10)11/h4,6H2,1H3. The van der Waals surface area contributed by atoms with Gasteiger partial charge in [-0.05, 0) is 12.8 Å². The minimum absolute atomic E-state index is 0.205. The lowest BCUT2D eigenvalue weighted by Gasteiger charge is -2.37. The predicted molar refractivity (Wildman–Crippen MR) is 47.2 cm³/mol. The van der Waals surface area contributed by atoms with E-state index in [1.807, 2.05) is 5.41 Å². The van der Waals surface area contributed by atoms with Crippen LogP contribution >= 0.6 is 11.8 Å². The van der Waals surface area contributed by atoms with Gasteiger partial charge in [0.25, 0.3) is 0 Å². The lowest BCUT2D eigenvalue weighted by Crippen LogP contribution is -2.43. The van der Waals surface area contributed by atoms with Crippen molar-refractivity contribution in [2.45, 2.75) is 13.1 Å². The maximum Gasteiger partial charge on any atom is 0.468 e. The number of hydroxylamine groups is 3. The summed E-state index contributed by atoms with van der Waals surface area (Å²) < 4.78 is 35.5. The van der Waals surface area contributed by atoms with Crippen LogP contribution in [0.3, 0.4) is 0 Å². The topological polar surface area (TPSA) is 23.1 Å². The largest absolute Gasteiger partial charge is 0.626 e. The van der Waals surface area contributed by atoms with Crippen LogP contribution in [0.25, 0.3) is 0 Å². The van der Waals surface area contributed by atoms with Gasteiger partial charge in [0, 0.05) is 0 Å². The summed E-state index contributed by atoms with van der Waals surface area (Å²) in [4.78, 5) is 0. The highest BCUT2D eigenvalue weighted by Gasteiger charge is 2.48. The summed E-state index contributed by atoms with van der Waals surface area (Å²) in [6, 6.07) is 0. The van der Waals surface area contributed by atoms with Crippen LogP contribution in [0.1, 0.15) is 6.92 Å². The van der Waals surface area contributed by atoms with E-state index in [0.717, 1.165) is 11.8 Å². The van der Waals surface area contributed by atoms with Crippen LogP contribution in [-0.4, -0.2) is 23.2 Å². The Labute approximate surface area is 83.9 Å². The first-order valence-electron chi connectivity index (χ1n) is 3.70. The van der Waals surface area contributed by atoms with E-state index in [0.29, 0.717) is 0 Å². The van der Waals surface area contributed by atoms with Crippen LogP contribution in [-0.2, 0) is 0 Å². The third-order valence-electron chi connectivity index (χ3n) is 1.63. The molecule has 1 rings (SSSR count). The molecule has 1 radical (unpaired) electrons. The quantitative estimate of drug-likeness (QED) is 0.386. The highest BCUT2D eigenvalue weighted by atomic mass is 32.2. The zero-order valence-electron chi connectivity index (χ0n) is 7.31. The Bertz CT molecular complexity index is 315. The Morgan fingerprint density at radius 3 is 2.79 bits per heavy atom. The van der Waals surface area contributed by atoms with Crippen LogP contribution in [0.2, 0.25) is 0 Å². The van der Waals surface area contributed by atoms with E-state index in [4.69, 9.17) is 0 Å². The third-order valence-corrected chi connectivity index (χ3v) is 2.51. The Morgan fingerprint density at radius 1 is 1.64 bits per heavy atom. The Kier molecular flexibility index (Phi) is 3.14. The molecular weight excluding hydrogens is 215 g/mol. The fourth-order valence-corrected chi connectivity index (χ4v) is 1.89. The maximum absolute atomic E-state index is 12.3. The first kappa shape index (κ1) is 11.4. The SMILES string of the molecule is CC#CC[N+]1([O-])CS[C]=C1C(F)(F)F. The normalized spacial score (nSPS) is 26.8. The Balaban J connectivity index is 2.88. The molecule has 0 fully saturated rings. The van der Waals surface area contributed by atoms with E-state index in [1.165, 1.54) is 6.92 Å². The van der Waals surface area contributed by atoms with Gasteiger partial charge >= 0.3 is 6.18 Å². The molecule has 0 aliphatic carbocycles. The molecule has 1 heterocycles. The zero-order valence-corrected chi connectivity index (χ0v) is 8.13. The molecule has 0 aromatic heterocycles. The lowest BCUT2D eigenvalue weighted by molar-refractivity contribution is -0.829. The molecule has 1 aliphatic rings.